The topological polar surface area (TPSA) is 117 Å². The Bertz CT molecular complexity index is 1160. The summed E-state index contributed by atoms with van der Waals surface area (Å²) in [6, 6.07) is 3.60. The van der Waals surface area contributed by atoms with Crippen LogP contribution < -0.4 is 15.4 Å². The Labute approximate surface area is 179 Å². The van der Waals surface area contributed by atoms with Crippen molar-refractivity contribution in [2.45, 2.75) is 31.2 Å². The molecular weight excluding hydrogens is 398 g/mol. The predicted octanol–water partition coefficient (Wildman–Crippen LogP) is 2.25. The lowest BCUT2D eigenvalue weighted by Gasteiger charge is -2.38. The van der Waals surface area contributed by atoms with Crippen molar-refractivity contribution in [2.24, 2.45) is 7.05 Å². The van der Waals surface area contributed by atoms with Gasteiger partial charge in [-0.15, -0.1) is 0 Å². The number of hydrogen-bond acceptors (Lipinski definition) is 5. The largest absolute Gasteiger partial charge is 0.494 e. The molecule has 0 aliphatic carbocycles. The third-order valence-electron chi connectivity index (χ3n) is 6.31. The molecule has 162 valence electrons. The maximum Gasteiger partial charge on any atom is 0.324 e. The van der Waals surface area contributed by atoms with E-state index in [2.05, 4.69) is 25.7 Å². The number of fused-ring (bicyclic) bond motifs is 1. The molecule has 2 aliphatic rings. The van der Waals surface area contributed by atoms with E-state index in [0.29, 0.717) is 42.2 Å². The van der Waals surface area contributed by atoms with Gasteiger partial charge in [0.2, 0.25) is 11.9 Å². The summed E-state index contributed by atoms with van der Waals surface area (Å²) in [5.74, 6) is 1.12. The number of methoxy groups -OCH3 is 1. The first kappa shape index (κ1) is 19.4. The highest BCUT2D eigenvalue weighted by molar-refractivity contribution is 5.98. The van der Waals surface area contributed by atoms with E-state index < -0.39 is 0 Å². The first-order chi connectivity index (χ1) is 15.0. The molecule has 3 amide bonds. The molecular formula is C21H25N7O3. The van der Waals surface area contributed by atoms with Crippen LogP contribution in [0.4, 0.5) is 10.7 Å². The third kappa shape index (κ3) is 3.47. The van der Waals surface area contributed by atoms with Crippen molar-refractivity contribution in [1.82, 2.24) is 30.0 Å². The minimum Gasteiger partial charge on any atom is -0.494 e. The number of nitrogens with one attached hydrogen (secondary N) is 3. The number of aryl methyl sites for hydroxylation is 1. The summed E-state index contributed by atoms with van der Waals surface area (Å²) in [6.45, 7) is 1.19. The van der Waals surface area contributed by atoms with E-state index in [-0.39, 0.29) is 17.5 Å². The van der Waals surface area contributed by atoms with E-state index in [1.54, 1.807) is 22.9 Å². The quantitative estimate of drug-likeness (QED) is 0.597. The van der Waals surface area contributed by atoms with Gasteiger partial charge in [-0.25, -0.2) is 9.78 Å². The van der Waals surface area contributed by atoms with Crippen molar-refractivity contribution < 1.29 is 14.3 Å². The number of likely N-dealkylation sites (tertiary alicyclic amines) is 1. The number of amides is 3. The SMILES string of the molecule is COc1ccc(-c2cnn(C)c2)c2nc(NC(=O)N3CCC4(CCC(=O)N4)CC3)[nH]c12. The highest BCUT2D eigenvalue weighted by atomic mass is 16.5. The van der Waals surface area contributed by atoms with Crippen LogP contribution in [-0.2, 0) is 11.8 Å². The minimum atomic E-state index is -0.208. The molecule has 31 heavy (non-hydrogen) atoms. The van der Waals surface area contributed by atoms with Crippen LogP contribution in [0.3, 0.4) is 0 Å². The van der Waals surface area contributed by atoms with E-state index in [1.165, 1.54) is 0 Å². The van der Waals surface area contributed by atoms with Crippen molar-refractivity contribution in [3.8, 4) is 16.9 Å². The molecule has 0 saturated carbocycles. The number of nitrogens with zero attached hydrogens (tertiary/aromatic N) is 4. The number of ether oxygens (including phenoxy) is 1. The molecule has 10 heteroatoms. The van der Waals surface area contributed by atoms with Gasteiger partial charge in [-0.1, -0.05) is 0 Å². The molecule has 0 atom stereocenters. The maximum atomic E-state index is 12.8. The zero-order valence-corrected chi connectivity index (χ0v) is 17.6. The van der Waals surface area contributed by atoms with Gasteiger partial charge < -0.3 is 19.9 Å². The summed E-state index contributed by atoms with van der Waals surface area (Å²) in [5, 5.41) is 10.2. The Kier molecular flexibility index (Phi) is 4.57. The van der Waals surface area contributed by atoms with Crippen LogP contribution in [0.1, 0.15) is 25.7 Å². The number of aromatic nitrogens is 4. The number of aromatic amines is 1. The number of piperidine rings is 1. The van der Waals surface area contributed by atoms with Crippen molar-refractivity contribution in [1.29, 1.82) is 0 Å². The van der Waals surface area contributed by atoms with Gasteiger partial charge in [-0.05, 0) is 31.4 Å². The van der Waals surface area contributed by atoms with Gasteiger partial charge in [0, 0.05) is 49.4 Å². The molecule has 2 fully saturated rings. The first-order valence-electron chi connectivity index (χ1n) is 10.4. The highest BCUT2D eigenvalue weighted by Crippen LogP contribution is 2.34. The molecule has 2 aromatic heterocycles. The molecule has 4 heterocycles. The summed E-state index contributed by atoms with van der Waals surface area (Å²) in [5.41, 5.74) is 3.11. The van der Waals surface area contributed by atoms with E-state index in [1.807, 2.05) is 25.4 Å². The number of anilines is 1. The third-order valence-corrected chi connectivity index (χ3v) is 6.31. The summed E-state index contributed by atoms with van der Waals surface area (Å²) in [6.07, 6.45) is 6.66. The number of urea groups is 1. The molecule has 1 spiro atoms. The Balaban J connectivity index is 1.36. The Hall–Kier alpha value is -3.56. The summed E-state index contributed by atoms with van der Waals surface area (Å²) in [4.78, 5) is 34.0. The van der Waals surface area contributed by atoms with Crippen LogP contribution in [0, 0.1) is 0 Å². The summed E-state index contributed by atoms with van der Waals surface area (Å²) < 4.78 is 7.20. The molecule has 1 aromatic carbocycles. The fourth-order valence-electron chi connectivity index (χ4n) is 4.56. The lowest BCUT2D eigenvalue weighted by atomic mass is 9.86. The van der Waals surface area contributed by atoms with Crippen molar-refractivity contribution in [3.63, 3.8) is 0 Å². The van der Waals surface area contributed by atoms with E-state index in [0.717, 1.165) is 30.4 Å². The molecule has 3 aromatic rings. The molecule has 10 nitrogen and oxygen atoms in total. The van der Waals surface area contributed by atoms with Crippen LogP contribution in [0.5, 0.6) is 5.75 Å². The summed E-state index contributed by atoms with van der Waals surface area (Å²) in [7, 11) is 3.46. The average molecular weight is 423 g/mol. The molecule has 2 saturated heterocycles. The molecule has 0 radical (unpaired) electrons. The second-order valence-electron chi connectivity index (χ2n) is 8.27. The average Bonchev–Trinajstić information content (AvgIpc) is 3.46. The molecule has 3 N–H and O–H groups in total. The zero-order valence-electron chi connectivity index (χ0n) is 17.6. The van der Waals surface area contributed by atoms with Gasteiger partial charge in [-0.3, -0.25) is 14.8 Å². The molecule has 5 rings (SSSR count). The van der Waals surface area contributed by atoms with Crippen LogP contribution >= 0.6 is 0 Å². The maximum absolute atomic E-state index is 12.8. The van der Waals surface area contributed by atoms with Crippen LogP contribution in [0.25, 0.3) is 22.2 Å². The fourth-order valence-corrected chi connectivity index (χ4v) is 4.56. The second kappa shape index (κ2) is 7.29. The van der Waals surface area contributed by atoms with E-state index >= 15 is 0 Å². The monoisotopic (exact) mass is 423 g/mol. The summed E-state index contributed by atoms with van der Waals surface area (Å²) >= 11 is 0. The number of H-pyrrole nitrogens is 1. The van der Waals surface area contributed by atoms with Crippen molar-refractivity contribution >= 4 is 28.9 Å². The van der Waals surface area contributed by atoms with Gasteiger partial charge in [0.15, 0.2) is 0 Å². The van der Waals surface area contributed by atoms with E-state index in [4.69, 9.17) is 4.74 Å². The van der Waals surface area contributed by atoms with Gasteiger partial charge >= 0.3 is 6.03 Å². The van der Waals surface area contributed by atoms with Crippen molar-refractivity contribution in [2.75, 3.05) is 25.5 Å². The predicted molar refractivity (Wildman–Crippen MR) is 115 cm³/mol. The fraction of sp³-hybridized carbons (Fsp3) is 0.429. The van der Waals surface area contributed by atoms with E-state index in [9.17, 15) is 9.59 Å². The molecule has 0 unspecified atom stereocenters. The Morgan fingerprint density at radius 2 is 2.06 bits per heavy atom. The van der Waals surface area contributed by atoms with Crippen LogP contribution in [0.2, 0.25) is 0 Å². The second-order valence-corrected chi connectivity index (χ2v) is 8.27. The Morgan fingerprint density at radius 1 is 1.26 bits per heavy atom. The smallest absolute Gasteiger partial charge is 0.324 e. The minimum absolute atomic E-state index is 0.110. The highest BCUT2D eigenvalue weighted by Gasteiger charge is 2.41. The number of benzene rings is 1. The van der Waals surface area contributed by atoms with Crippen LogP contribution in [-0.4, -0.2) is 62.3 Å². The standard InChI is InChI=1S/C21H25N7O3/c1-27-12-13(11-22-27)14-3-4-15(31-2)18-17(14)23-19(24-18)25-20(30)28-9-7-21(8-10-28)6-5-16(29)26-21/h3-4,11-12H,5-10H2,1-2H3,(H,26,29)(H2,23,24,25,30). The Morgan fingerprint density at radius 3 is 2.71 bits per heavy atom. The lowest BCUT2D eigenvalue weighted by molar-refractivity contribution is -0.120. The number of hydrogen-bond donors (Lipinski definition) is 3. The van der Waals surface area contributed by atoms with Gasteiger partial charge in [-0.2, -0.15) is 5.10 Å². The number of carbonyl (C=O) groups excluding carboxylic acids is 2. The lowest BCUT2D eigenvalue weighted by Crippen LogP contribution is -2.53. The van der Waals surface area contributed by atoms with Gasteiger partial charge in [0.05, 0.1) is 13.3 Å². The number of rotatable bonds is 3. The normalized spacial score (nSPS) is 17.9. The number of carbonyl (C=O) groups is 2. The van der Waals surface area contributed by atoms with Crippen molar-refractivity contribution in [3.05, 3.63) is 24.5 Å². The first-order valence-corrected chi connectivity index (χ1v) is 10.4. The zero-order chi connectivity index (χ0) is 21.6. The molecule has 0 bridgehead atoms. The van der Waals surface area contributed by atoms with Gasteiger partial charge in [0.1, 0.15) is 16.8 Å². The number of imidazole rings is 1. The van der Waals surface area contributed by atoms with Crippen LogP contribution in [0.15, 0.2) is 24.5 Å². The molecule has 2 aliphatic heterocycles. The van der Waals surface area contributed by atoms with Gasteiger partial charge in [0.25, 0.3) is 0 Å².